The number of nitrogens with zero attached hydrogens (tertiary/aromatic N) is 3. The third-order valence-electron chi connectivity index (χ3n) is 4.61. The Labute approximate surface area is 133 Å². The first-order valence-electron chi connectivity index (χ1n) is 7.78. The van der Waals surface area contributed by atoms with Gasteiger partial charge in [0.15, 0.2) is 0 Å². The summed E-state index contributed by atoms with van der Waals surface area (Å²) in [4.78, 5) is 31.6. The molecule has 7 heteroatoms. The molecule has 3 rings (SSSR count). The molecule has 23 heavy (non-hydrogen) atoms. The maximum atomic E-state index is 11.8. The molecule has 1 aliphatic rings. The normalized spacial score (nSPS) is 17.9. The van der Waals surface area contributed by atoms with Crippen molar-refractivity contribution in [1.82, 2.24) is 9.97 Å². The molecule has 0 unspecified atom stereocenters. The van der Waals surface area contributed by atoms with Crippen LogP contribution in [-0.4, -0.2) is 28.0 Å². The topological polar surface area (TPSA) is 92.1 Å². The van der Waals surface area contributed by atoms with E-state index in [-0.39, 0.29) is 22.0 Å². The van der Waals surface area contributed by atoms with Gasteiger partial charge in [-0.15, -0.1) is 0 Å². The van der Waals surface area contributed by atoms with Crippen LogP contribution in [0, 0.1) is 15.5 Å². The van der Waals surface area contributed by atoms with E-state index >= 15 is 0 Å². The summed E-state index contributed by atoms with van der Waals surface area (Å²) in [7, 11) is 0. The van der Waals surface area contributed by atoms with E-state index in [0.717, 1.165) is 32.4 Å². The highest BCUT2D eigenvalue weighted by molar-refractivity contribution is 5.87. The molecule has 0 bridgehead atoms. The average Bonchev–Trinajstić information content (AvgIpc) is 2.67. The van der Waals surface area contributed by atoms with Crippen LogP contribution >= 0.6 is 0 Å². The lowest BCUT2D eigenvalue weighted by Crippen LogP contribution is -2.26. The summed E-state index contributed by atoms with van der Waals surface area (Å²) in [5.74, 6) is 0. The Morgan fingerprint density at radius 2 is 2.09 bits per heavy atom. The van der Waals surface area contributed by atoms with E-state index in [1.54, 1.807) is 6.07 Å². The molecule has 122 valence electrons. The number of H-pyrrole nitrogens is 1. The van der Waals surface area contributed by atoms with Gasteiger partial charge in [-0.25, -0.2) is 4.98 Å². The number of nitro groups is 1. The number of nitro benzene ring substituents is 1. The Hall–Kier alpha value is -2.44. The van der Waals surface area contributed by atoms with Gasteiger partial charge in [0.05, 0.1) is 22.2 Å². The summed E-state index contributed by atoms with van der Waals surface area (Å²) in [5, 5.41) is 11.7. The van der Waals surface area contributed by atoms with Crippen LogP contribution in [0.1, 0.15) is 33.1 Å². The smallest absolute Gasteiger partial charge is 0.293 e. The molecule has 7 nitrogen and oxygen atoms in total. The van der Waals surface area contributed by atoms with Gasteiger partial charge in [-0.05, 0) is 30.7 Å². The second kappa shape index (κ2) is 5.64. The molecule has 2 aromatic rings. The summed E-state index contributed by atoms with van der Waals surface area (Å²) in [6, 6.07) is 3.01. The van der Waals surface area contributed by atoms with Crippen molar-refractivity contribution in [3.8, 4) is 0 Å². The van der Waals surface area contributed by atoms with Crippen LogP contribution in [0.3, 0.4) is 0 Å². The lowest BCUT2D eigenvalue weighted by molar-refractivity contribution is -0.384. The van der Waals surface area contributed by atoms with Gasteiger partial charge in [-0.1, -0.05) is 13.8 Å². The van der Waals surface area contributed by atoms with Crippen LogP contribution in [-0.2, 0) is 0 Å². The third kappa shape index (κ3) is 3.04. The van der Waals surface area contributed by atoms with Gasteiger partial charge in [0.25, 0.3) is 11.2 Å². The van der Waals surface area contributed by atoms with Crippen LogP contribution < -0.4 is 10.5 Å². The standard InChI is InChI=1S/C16H20N4O3/c1-16(2)4-3-6-19(7-5-16)13-9-12-11(8-14(13)20(22)23)15(21)18-10-17-12/h8-10H,3-7H2,1-2H3,(H,17,18,21). The van der Waals surface area contributed by atoms with Gasteiger partial charge in [0.2, 0.25) is 0 Å². The Morgan fingerprint density at radius 3 is 2.83 bits per heavy atom. The molecule has 1 fully saturated rings. The van der Waals surface area contributed by atoms with E-state index in [0.29, 0.717) is 11.2 Å². The lowest BCUT2D eigenvalue weighted by Gasteiger charge is -2.24. The number of fused-ring (bicyclic) bond motifs is 1. The molecular weight excluding hydrogens is 296 g/mol. The molecule has 0 aliphatic carbocycles. The Bertz CT molecular complexity index is 813. The summed E-state index contributed by atoms with van der Waals surface area (Å²) >= 11 is 0. The van der Waals surface area contributed by atoms with Crippen LogP contribution in [0.5, 0.6) is 0 Å². The molecule has 0 spiro atoms. The maximum absolute atomic E-state index is 11.8. The number of anilines is 1. The van der Waals surface area contributed by atoms with E-state index in [1.165, 1.54) is 12.4 Å². The van der Waals surface area contributed by atoms with Crippen molar-refractivity contribution in [2.24, 2.45) is 5.41 Å². The van der Waals surface area contributed by atoms with E-state index in [9.17, 15) is 14.9 Å². The predicted octanol–water partition coefficient (Wildman–Crippen LogP) is 2.85. The zero-order valence-corrected chi connectivity index (χ0v) is 13.3. The number of nitrogens with one attached hydrogen (secondary N) is 1. The molecule has 1 aliphatic heterocycles. The number of hydrogen-bond donors (Lipinski definition) is 1. The van der Waals surface area contributed by atoms with E-state index in [4.69, 9.17) is 0 Å². The van der Waals surface area contributed by atoms with Crippen molar-refractivity contribution in [3.05, 3.63) is 38.9 Å². The third-order valence-corrected chi connectivity index (χ3v) is 4.61. The van der Waals surface area contributed by atoms with E-state index < -0.39 is 4.92 Å². The van der Waals surface area contributed by atoms with Gasteiger partial charge in [-0.2, -0.15) is 0 Å². The van der Waals surface area contributed by atoms with Crippen molar-refractivity contribution in [2.75, 3.05) is 18.0 Å². The number of aromatic nitrogens is 2. The predicted molar refractivity (Wildman–Crippen MR) is 88.9 cm³/mol. The zero-order valence-electron chi connectivity index (χ0n) is 13.3. The highest BCUT2D eigenvalue weighted by Crippen LogP contribution is 2.36. The number of aromatic amines is 1. The largest absolute Gasteiger partial charge is 0.366 e. The molecule has 1 saturated heterocycles. The summed E-state index contributed by atoms with van der Waals surface area (Å²) < 4.78 is 0. The van der Waals surface area contributed by atoms with Gasteiger partial charge in [0, 0.05) is 19.2 Å². The molecule has 0 atom stereocenters. The van der Waals surface area contributed by atoms with Crippen LogP contribution in [0.4, 0.5) is 11.4 Å². The van der Waals surface area contributed by atoms with Crippen molar-refractivity contribution >= 4 is 22.3 Å². The van der Waals surface area contributed by atoms with Crippen LogP contribution in [0.25, 0.3) is 10.9 Å². The Morgan fingerprint density at radius 1 is 1.30 bits per heavy atom. The highest BCUT2D eigenvalue weighted by atomic mass is 16.6. The second-order valence-electron chi connectivity index (χ2n) is 6.85. The minimum absolute atomic E-state index is 0.0318. The lowest BCUT2D eigenvalue weighted by atomic mass is 9.85. The summed E-state index contributed by atoms with van der Waals surface area (Å²) in [5.41, 5.74) is 0.893. The quantitative estimate of drug-likeness (QED) is 0.679. The van der Waals surface area contributed by atoms with E-state index in [2.05, 4.69) is 28.7 Å². The van der Waals surface area contributed by atoms with Crippen LogP contribution in [0.15, 0.2) is 23.3 Å². The molecule has 2 heterocycles. The SMILES string of the molecule is CC1(C)CCCN(c2cc3nc[nH]c(=O)c3cc2[N+](=O)[O-])CC1. The fraction of sp³-hybridized carbons (Fsp3) is 0.500. The van der Waals surface area contributed by atoms with Gasteiger partial charge in [0.1, 0.15) is 5.69 Å². The molecule has 0 saturated carbocycles. The van der Waals surface area contributed by atoms with Gasteiger partial charge < -0.3 is 9.88 Å². The Balaban J connectivity index is 2.10. The van der Waals surface area contributed by atoms with Gasteiger partial charge >= 0.3 is 0 Å². The monoisotopic (exact) mass is 316 g/mol. The molecule has 1 N–H and O–H groups in total. The van der Waals surface area contributed by atoms with Crippen molar-refractivity contribution < 1.29 is 4.92 Å². The number of hydrogen-bond acceptors (Lipinski definition) is 5. The van der Waals surface area contributed by atoms with Crippen molar-refractivity contribution in [3.63, 3.8) is 0 Å². The first kappa shape index (κ1) is 15.5. The first-order valence-corrected chi connectivity index (χ1v) is 7.78. The summed E-state index contributed by atoms with van der Waals surface area (Å²) in [6.07, 6.45) is 4.39. The number of rotatable bonds is 2. The van der Waals surface area contributed by atoms with Gasteiger partial charge in [-0.3, -0.25) is 14.9 Å². The zero-order chi connectivity index (χ0) is 16.6. The van der Waals surface area contributed by atoms with Crippen molar-refractivity contribution in [1.29, 1.82) is 0 Å². The molecule has 0 amide bonds. The maximum Gasteiger partial charge on any atom is 0.293 e. The first-order chi connectivity index (χ1) is 10.9. The van der Waals surface area contributed by atoms with E-state index in [1.807, 2.05) is 0 Å². The van der Waals surface area contributed by atoms with Crippen molar-refractivity contribution in [2.45, 2.75) is 33.1 Å². The highest BCUT2D eigenvalue weighted by Gasteiger charge is 2.27. The molecule has 1 aromatic carbocycles. The van der Waals surface area contributed by atoms with Crippen LogP contribution in [0.2, 0.25) is 0 Å². The Kier molecular flexibility index (Phi) is 3.79. The molecular formula is C16H20N4O3. The second-order valence-corrected chi connectivity index (χ2v) is 6.85. The summed E-state index contributed by atoms with van der Waals surface area (Å²) in [6.45, 7) is 6.00. The average molecular weight is 316 g/mol. The number of benzene rings is 1. The molecule has 1 aromatic heterocycles. The minimum atomic E-state index is -0.419. The molecule has 0 radical (unpaired) electrons. The fourth-order valence-corrected chi connectivity index (χ4v) is 3.16. The minimum Gasteiger partial charge on any atom is -0.366 e. The fourth-order valence-electron chi connectivity index (χ4n) is 3.16.